The van der Waals surface area contributed by atoms with Crippen LogP contribution in [0.25, 0.3) is 0 Å². The van der Waals surface area contributed by atoms with Crippen molar-refractivity contribution in [3.8, 4) is 12.3 Å². The van der Waals surface area contributed by atoms with E-state index in [1.165, 1.54) is 6.20 Å². The highest BCUT2D eigenvalue weighted by Crippen LogP contribution is 2.15. The van der Waals surface area contributed by atoms with Crippen molar-refractivity contribution in [2.45, 2.75) is 13.1 Å². The summed E-state index contributed by atoms with van der Waals surface area (Å²) in [5.74, 6) is 2.90. The highest BCUT2D eigenvalue weighted by molar-refractivity contribution is 6.32. The molecule has 0 unspecified atom stereocenters. The van der Waals surface area contributed by atoms with Gasteiger partial charge in [0.25, 0.3) is 5.56 Å². The first-order valence-electron chi connectivity index (χ1n) is 5.39. The van der Waals surface area contributed by atoms with Gasteiger partial charge in [-0.1, -0.05) is 17.5 Å². The van der Waals surface area contributed by atoms with E-state index in [9.17, 15) is 4.79 Å². The normalized spacial score (nSPS) is 10.2. The number of hydrogen-bond donors (Lipinski definition) is 1. The first kappa shape index (κ1) is 13.1. The van der Waals surface area contributed by atoms with Gasteiger partial charge in [0.2, 0.25) is 0 Å². The summed E-state index contributed by atoms with van der Waals surface area (Å²) in [6.45, 7) is 0.377. The molecule has 0 aliphatic carbocycles. The molecule has 98 valence electrons. The van der Waals surface area contributed by atoms with Crippen molar-refractivity contribution in [2.24, 2.45) is 7.05 Å². The second-order valence-corrected chi connectivity index (χ2v) is 4.13. The van der Waals surface area contributed by atoms with Gasteiger partial charge in [0.15, 0.2) is 5.82 Å². The molecule has 0 aliphatic rings. The van der Waals surface area contributed by atoms with Gasteiger partial charge in [-0.25, -0.2) is 9.67 Å². The maximum Gasteiger partial charge on any atom is 0.292 e. The van der Waals surface area contributed by atoms with E-state index >= 15 is 0 Å². The number of nitrogens with one attached hydrogen (secondary N) is 1. The standard InChI is InChI=1S/C11H11ClN6O/c1-3-4-18-11(19)10(8(12)5-15-18)13-6-9-14-7-17(2)16-9/h1,5,7,13H,4,6H2,2H3. The largest absolute Gasteiger partial charge is 0.372 e. The topological polar surface area (TPSA) is 77.6 Å². The van der Waals surface area contributed by atoms with Gasteiger partial charge < -0.3 is 5.32 Å². The Bertz CT molecular complexity index is 683. The Balaban J connectivity index is 2.22. The third kappa shape index (κ3) is 2.92. The number of terminal acetylenes is 1. The van der Waals surface area contributed by atoms with Crippen molar-refractivity contribution in [1.82, 2.24) is 24.5 Å². The van der Waals surface area contributed by atoms with Crippen LogP contribution in [0.4, 0.5) is 5.69 Å². The van der Waals surface area contributed by atoms with Crippen molar-refractivity contribution in [2.75, 3.05) is 5.32 Å². The van der Waals surface area contributed by atoms with Gasteiger partial charge in [0, 0.05) is 7.05 Å². The smallest absolute Gasteiger partial charge is 0.292 e. The Hall–Kier alpha value is -2.33. The third-order valence-corrected chi connectivity index (χ3v) is 2.60. The van der Waals surface area contributed by atoms with Crippen LogP contribution in [0.15, 0.2) is 17.3 Å². The molecule has 0 saturated heterocycles. The van der Waals surface area contributed by atoms with E-state index in [1.807, 2.05) is 0 Å². The minimum atomic E-state index is -0.374. The molecule has 8 heteroatoms. The summed E-state index contributed by atoms with van der Waals surface area (Å²) in [6.07, 6.45) is 8.10. The van der Waals surface area contributed by atoms with Crippen LogP contribution in [-0.2, 0) is 20.1 Å². The maximum atomic E-state index is 12.0. The number of nitrogens with zero attached hydrogens (tertiary/aromatic N) is 5. The molecule has 0 aromatic carbocycles. The van der Waals surface area contributed by atoms with E-state index in [0.29, 0.717) is 5.82 Å². The Labute approximate surface area is 114 Å². The van der Waals surface area contributed by atoms with Crippen LogP contribution in [-0.4, -0.2) is 24.5 Å². The zero-order chi connectivity index (χ0) is 13.8. The summed E-state index contributed by atoms with van der Waals surface area (Å²) in [4.78, 5) is 16.1. The van der Waals surface area contributed by atoms with E-state index < -0.39 is 0 Å². The predicted octanol–water partition coefficient (Wildman–Crippen LogP) is 0.271. The lowest BCUT2D eigenvalue weighted by Crippen LogP contribution is -2.25. The molecule has 2 rings (SSSR count). The van der Waals surface area contributed by atoms with Crippen LogP contribution in [0.1, 0.15) is 5.82 Å². The van der Waals surface area contributed by atoms with Crippen molar-refractivity contribution < 1.29 is 0 Å². The van der Waals surface area contributed by atoms with E-state index in [1.54, 1.807) is 18.1 Å². The summed E-state index contributed by atoms with van der Waals surface area (Å²) in [7, 11) is 1.76. The van der Waals surface area contributed by atoms with Crippen LogP contribution in [0, 0.1) is 12.3 Å². The van der Waals surface area contributed by atoms with Gasteiger partial charge in [0.05, 0.1) is 17.8 Å². The minimum absolute atomic E-state index is 0.0898. The molecule has 2 aromatic heterocycles. The fourth-order valence-electron chi connectivity index (χ4n) is 1.46. The molecule has 0 radical (unpaired) electrons. The van der Waals surface area contributed by atoms with Crippen molar-refractivity contribution >= 4 is 17.3 Å². The average Bonchev–Trinajstić information content (AvgIpc) is 2.79. The lowest BCUT2D eigenvalue weighted by molar-refractivity contribution is 0.663. The molecule has 2 heterocycles. The minimum Gasteiger partial charge on any atom is -0.372 e. The molecule has 0 amide bonds. The van der Waals surface area contributed by atoms with Crippen LogP contribution < -0.4 is 10.9 Å². The Morgan fingerprint density at radius 2 is 2.37 bits per heavy atom. The highest BCUT2D eigenvalue weighted by Gasteiger charge is 2.10. The average molecular weight is 279 g/mol. The number of halogens is 1. The molecular formula is C11H11ClN6O. The Morgan fingerprint density at radius 1 is 1.58 bits per heavy atom. The van der Waals surface area contributed by atoms with Crippen molar-refractivity contribution in [3.05, 3.63) is 33.7 Å². The highest BCUT2D eigenvalue weighted by atomic mass is 35.5. The zero-order valence-electron chi connectivity index (χ0n) is 10.2. The number of aryl methyl sites for hydroxylation is 1. The quantitative estimate of drug-likeness (QED) is 0.813. The third-order valence-electron chi connectivity index (χ3n) is 2.31. The van der Waals surface area contributed by atoms with Crippen LogP contribution in [0.2, 0.25) is 5.02 Å². The van der Waals surface area contributed by atoms with E-state index in [-0.39, 0.29) is 29.4 Å². The fraction of sp³-hybridized carbons (Fsp3) is 0.273. The number of aromatic nitrogens is 5. The molecular weight excluding hydrogens is 268 g/mol. The SMILES string of the molecule is C#CCn1ncc(Cl)c(NCc2ncn(C)n2)c1=O. The van der Waals surface area contributed by atoms with Gasteiger partial charge >= 0.3 is 0 Å². The Morgan fingerprint density at radius 3 is 3.00 bits per heavy atom. The Kier molecular flexibility index (Phi) is 3.82. The monoisotopic (exact) mass is 278 g/mol. The van der Waals surface area contributed by atoms with Gasteiger partial charge in [-0.15, -0.1) is 6.42 Å². The van der Waals surface area contributed by atoms with Crippen LogP contribution in [0.5, 0.6) is 0 Å². The van der Waals surface area contributed by atoms with E-state index in [2.05, 4.69) is 26.4 Å². The second kappa shape index (κ2) is 5.54. The summed E-state index contributed by atoms with van der Waals surface area (Å²) in [5.41, 5.74) is -0.138. The lowest BCUT2D eigenvalue weighted by Gasteiger charge is -2.07. The van der Waals surface area contributed by atoms with Crippen molar-refractivity contribution in [1.29, 1.82) is 0 Å². The first-order chi connectivity index (χ1) is 9.11. The second-order valence-electron chi connectivity index (χ2n) is 3.72. The molecule has 0 spiro atoms. The number of rotatable bonds is 4. The van der Waals surface area contributed by atoms with Crippen molar-refractivity contribution in [3.63, 3.8) is 0 Å². The maximum absolute atomic E-state index is 12.0. The molecule has 0 atom stereocenters. The summed E-state index contributed by atoms with van der Waals surface area (Å²) in [6, 6.07) is 0. The van der Waals surface area contributed by atoms with E-state index in [0.717, 1.165) is 4.68 Å². The summed E-state index contributed by atoms with van der Waals surface area (Å²) < 4.78 is 2.72. The number of hydrogen-bond acceptors (Lipinski definition) is 5. The van der Waals surface area contributed by atoms with Gasteiger partial charge in [-0.05, 0) is 0 Å². The van der Waals surface area contributed by atoms with Gasteiger partial charge in [0.1, 0.15) is 18.6 Å². The lowest BCUT2D eigenvalue weighted by atomic mass is 10.4. The molecule has 0 saturated carbocycles. The van der Waals surface area contributed by atoms with Gasteiger partial charge in [-0.3, -0.25) is 9.48 Å². The van der Waals surface area contributed by atoms with Crippen LogP contribution >= 0.6 is 11.6 Å². The first-order valence-corrected chi connectivity index (χ1v) is 5.77. The molecule has 1 N–H and O–H groups in total. The number of anilines is 1. The molecule has 2 aromatic rings. The van der Waals surface area contributed by atoms with E-state index in [4.69, 9.17) is 18.0 Å². The molecule has 19 heavy (non-hydrogen) atoms. The molecule has 0 bridgehead atoms. The molecule has 0 aliphatic heterocycles. The molecule has 7 nitrogen and oxygen atoms in total. The van der Waals surface area contributed by atoms with Crippen LogP contribution in [0.3, 0.4) is 0 Å². The van der Waals surface area contributed by atoms with Gasteiger partial charge in [-0.2, -0.15) is 10.2 Å². The summed E-state index contributed by atoms with van der Waals surface area (Å²) in [5, 5.41) is 11.1. The summed E-state index contributed by atoms with van der Waals surface area (Å²) >= 11 is 5.94. The zero-order valence-corrected chi connectivity index (χ0v) is 10.9. The predicted molar refractivity (Wildman–Crippen MR) is 70.7 cm³/mol. The molecule has 0 fully saturated rings. The fourth-order valence-corrected chi connectivity index (χ4v) is 1.65.